The maximum Gasteiger partial charge on any atom is 0.263 e. The lowest BCUT2D eigenvalue weighted by atomic mass is 10.1. The van der Waals surface area contributed by atoms with Crippen molar-refractivity contribution >= 4 is 22.5 Å². The summed E-state index contributed by atoms with van der Waals surface area (Å²) in [7, 11) is 0. The number of carbonyl (C=O) groups excluding carboxylic acids is 1. The second-order valence-corrected chi connectivity index (χ2v) is 4.64. The maximum atomic E-state index is 11.8. The van der Waals surface area contributed by atoms with Crippen molar-refractivity contribution < 1.29 is 14.1 Å². The van der Waals surface area contributed by atoms with Gasteiger partial charge >= 0.3 is 0 Å². The van der Waals surface area contributed by atoms with Crippen molar-refractivity contribution in [2.75, 3.05) is 11.9 Å². The number of benzene rings is 2. The van der Waals surface area contributed by atoms with Crippen LogP contribution in [-0.2, 0) is 4.79 Å². The molecule has 0 atom stereocenters. The predicted molar refractivity (Wildman–Crippen MR) is 79.3 cm³/mol. The van der Waals surface area contributed by atoms with Crippen molar-refractivity contribution in [3.8, 4) is 5.75 Å². The molecule has 0 aliphatic heterocycles. The molecule has 2 aromatic carbocycles. The van der Waals surface area contributed by atoms with Crippen LogP contribution in [0.25, 0.3) is 10.8 Å². The fraction of sp³-hybridized carbons (Fsp3) is 0.125. The van der Waals surface area contributed by atoms with E-state index in [1.165, 1.54) is 0 Å². The Hall–Kier alpha value is -2.82. The number of fused-ring (bicyclic) bond motifs is 1. The van der Waals surface area contributed by atoms with Gasteiger partial charge in [-0.3, -0.25) is 4.79 Å². The van der Waals surface area contributed by atoms with E-state index < -0.39 is 0 Å². The van der Waals surface area contributed by atoms with Crippen LogP contribution in [0.5, 0.6) is 5.75 Å². The molecule has 0 aliphatic carbocycles. The Morgan fingerprint density at radius 1 is 1.24 bits per heavy atom. The Morgan fingerprint density at radius 2 is 2.05 bits per heavy atom. The van der Waals surface area contributed by atoms with Gasteiger partial charge < -0.3 is 14.6 Å². The van der Waals surface area contributed by atoms with Gasteiger partial charge in [0.25, 0.3) is 5.91 Å². The molecule has 0 saturated carbocycles. The Morgan fingerprint density at radius 3 is 2.86 bits per heavy atom. The smallest absolute Gasteiger partial charge is 0.263 e. The average Bonchev–Trinajstić information content (AvgIpc) is 2.90. The first kappa shape index (κ1) is 13.2. The zero-order valence-corrected chi connectivity index (χ0v) is 11.5. The molecule has 0 unspecified atom stereocenters. The van der Waals surface area contributed by atoms with Gasteiger partial charge in [0.1, 0.15) is 11.5 Å². The van der Waals surface area contributed by atoms with Crippen LogP contribution in [0.2, 0.25) is 0 Å². The van der Waals surface area contributed by atoms with Gasteiger partial charge in [-0.15, -0.1) is 0 Å². The lowest BCUT2D eigenvalue weighted by Gasteiger charge is -2.08. The van der Waals surface area contributed by atoms with E-state index in [0.29, 0.717) is 17.3 Å². The predicted octanol–water partition coefficient (Wildman–Crippen LogP) is 3.15. The zero-order valence-electron chi connectivity index (χ0n) is 11.5. The molecule has 21 heavy (non-hydrogen) atoms. The second kappa shape index (κ2) is 5.66. The molecule has 0 bridgehead atoms. The Labute approximate surface area is 121 Å². The largest absolute Gasteiger partial charge is 0.483 e. The van der Waals surface area contributed by atoms with E-state index in [2.05, 4.69) is 10.5 Å². The number of amides is 1. The first-order chi connectivity index (χ1) is 10.2. The van der Waals surface area contributed by atoms with Crippen LogP contribution in [-0.4, -0.2) is 17.7 Å². The van der Waals surface area contributed by atoms with Crippen LogP contribution in [0.1, 0.15) is 5.76 Å². The number of carbonyl (C=O) groups is 1. The fourth-order valence-corrected chi connectivity index (χ4v) is 2.07. The minimum Gasteiger partial charge on any atom is -0.483 e. The van der Waals surface area contributed by atoms with Crippen molar-refractivity contribution in [1.82, 2.24) is 5.16 Å². The summed E-state index contributed by atoms with van der Waals surface area (Å²) in [6.07, 6.45) is 0. The van der Waals surface area contributed by atoms with Gasteiger partial charge in [0.2, 0.25) is 0 Å². The summed E-state index contributed by atoms with van der Waals surface area (Å²) < 4.78 is 10.5. The summed E-state index contributed by atoms with van der Waals surface area (Å²) in [5.41, 5.74) is 0. The third kappa shape index (κ3) is 3.02. The normalized spacial score (nSPS) is 10.5. The van der Waals surface area contributed by atoms with E-state index >= 15 is 0 Å². The van der Waals surface area contributed by atoms with Gasteiger partial charge in [0.15, 0.2) is 12.4 Å². The molecule has 0 fully saturated rings. The van der Waals surface area contributed by atoms with Crippen molar-refractivity contribution in [2.45, 2.75) is 6.92 Å². The molecule has 0 radical (unpaired) electrons. The topological polar surface area (TPSA) is 64.4 Å². The molecule has 5 heteroatoms. The van der Waals surface area contributed by atoms with Crippen LogP contribution in [0.15, 0.2) is 53.1 Å². The number of aromatic nitrogens is 1. The number of aryl methyl sites for hydroxylation is 1. The van der Waals surface area contributed by atoms with Crippen molar-refractivity contribution in [3.63, 3.8) is 0 Å². The van der Waals surface area contributed by atoms with E-state index in [9.17, 15) is 4.79 Å². The quantitative estimate of drug-likeness (QED) is 0.798. The minimum atomic E-state index is -0.281. The summed E-state index contributed by atoms with van der Waals surface area (Å²) in [5.74, 6) is 1.43. The lowest BCUT2D eigenvalue weighted by Crippen LogP contribution is -2.20. The SMILES string of the molecule is Cc1cc(NC(=O)COc2cccc3ccccc23)no1. The zero-order chi connectivity index (χ0) is 14.7. The third-order valence-corrected chi connectivity index (χ3v) is 3.00. The number of hydrogen-bond acceptors (Lipinski definition) is 4. The van der Waals surface area contributed by atoms with Gasteiger partial charge in [0.05, 0.1) is 0 Å². The highest BCUT2D eigenvalue weighted by molar-refractivity contribution is 5.92. The number of hydrogen-bond donors (Lipinski definition) is 1. The minimum absolute atomic E-state index is 0.0834. The average molecular weight is 282 g/mol. The first-order valence-electron chi connectivity index (χ1n) is 6.56. The highest BCUT2D eigenvalue weighted by Gasteiger charge is 2.08. The highest BCUT2D eigenvalue weighted by atomic mass is 16.5. The summed E-state index contributed by atoms with van der Waals surface area (Å²) in [4.78, 5) is 11.8. The molecule has 1 heterocycles. The molecule has 0 saturated heterocycles. The van der Waals surface area contributed by atoms with Crippen LogP contribution < -0.4 is 10.1 Å². The van der Waals surface area contributed by atoms with Crippen molar-refractivity contribution in [2.24, 2.45) is 0 Å². The summed E-state index contributed by atoms with van der Waals surface area (Å²) in [6.45, 7) is 1.68. The summed E-state index contributed by atoms with van der Waals surface area (Å²) >= 11 is 0. The molecule has 5 nitrogen and oxygen atoms in total. The van der Waals surface area contributed by atoms with Crippen molar-refractivity contribution in [1.29, 1.82) is 0 Å². The summed E-state index contributed by atoms with van der Waals surface area (Å²) in [6, 6.07) is 15.3. The molecule has 106 valence electrons. The van der Waals surface area contributed by atoms with E-state index in [-0.39, 0.29) is 12.5 Å². The standard InChI is InChI=1S/C16H14N2O3/c1-11-9-15(18-21-11)17-16(19)10-20-14-8-4-6-12-5-2-3-7-13(12)14/h2-9H,10H2,1H3,(H,17,18,19). The number of nitrogens with zero attached hydrogens (tertiary/aromatic N) is 1. The molecule has 3 aromatic rings. The van der Waals surface area contributed by atoms with Crippen molar-refractivity contribution in [3.05, 3.63) is 54.3 Å². The van der Waals surface area contributed by atoms with Gasteiger partial charge in [-0.25, -0.2) is 0 Å². The molecule has 0 spiro atoms. The lowest BCUT2D eigenvalue weighted by molar-refractivity contribution is -0.118. The van der Waals surface area contributed by atoms with Crippen LogP contribution in [0.4, 0.5) is 5.82 Å². The van der Waals surface area contributed by atoms with E-state index in [0.717, 1.165) is 10.8 Å². The molecule has 1 amide bonds. The molecular weight excluding hydrogens is 268 g/mol. The molecule has 0 aliphatic rings. The van der Waals surface area contributed by atoms with Crippen LogP contribution in [0.3, 0.4) is 0 Å². The van der Waals surface area contributed by atoms with E-state index in [1.54, 1.807) is 13.0 Å². The number of nitrogens with one attached hydrogen (secondary N) is 1. The van der Waals surface area contributed by atoms with Gasteiger partial charge in [-0.2, -0.15) is 0 Å². The number of anilines is 1. The third-order valence-electron chi connectivity index (χ3n) is 3.00. The highest BCUT2D eigenvalue weighted by Crippen LogP contribution is 2.25. The number of rotatable bonds is 4. The number of ether oxygens (including phenoxy) is 1. The fourth-order valence-electron chi connectivity index (χ4n) is 2.07. The first-order valence-corrected chi connectivity index (χ1v) is 6.56. The molecular formula is C16H14N2O3. The van der Waals surface area contributed by atoms with E-state index in [4.69, 9.17) is 9.26 Å². The monoisotopic (exact) mass is 282 g/mol. The van der Waals surface area contributed by atoms with Gasteiger partial charge in [0, 0.05) is 11.5 Å². The van der Waals surface area contributed by atoms with E-state index in [1.807, 2.05) is 42.5 Å². The Balaban J connectivity index is 1.67. The maximum absolute atomic E-state index is 11.8. The van der Waals surface area contributed by atoms with Gasteiger partial charge in [-0.1, -0.05) is 41.6 Å². The second-order valence-electron chi connectivity index (χ2n) is 4.64. The molecule has 3 rings (SSSR count). The van der Waals surface area contributed by atoms with Crippen LogP contribution >= 0.6 is 0 Å². The molecule has 1 N–H and O–H groups in total. The Bertz CT molecular complexity index is 775. The Kier molecular flexibility index (Phi) is 3.55. The van der Waals surface area contributed by atoms with Gasteiger partial charge in [-0.05, 0) is 18.4 Å². The molecule has 1 aromatic heterocycles. The summed E-state index contributed by atoms with van der Waals surface area (Å²) in [5, 5.41) is 8.36. The van der Waals surface area contributed by atoms with Crippen LogP contribution in [0, 0.1) is 6.92 Å².